The summed E-state index contributed by atoms with van der Waals surface area (Å²) in [5, 5.41) is 11.5. The number of anilines is 2. The highest BCUT2D eigenvalue weighted by atomic mass is 16.2. The summed E-state index contributed by atoms with van der Waals surface area (Å²) in [6.07, 6.45) is 2.26. The highest BCUT2D eigenvalue weighted by Gasteiger charge is 2.28. The van der Waals surface area contributed by atoms with Gasteiger partial charge in [-0.25, -0.2) is 4.79 Å². The molecule has 2 aromatic carbocycles. The molecule has 4 N–H and O–H groups in total. The quantitative estimate of drug-likeness (QED) is 0.646. The van der Waals surface area contributed by atoms with Crippen molar-refractivity contribution in [1.29, 1.82) is 0 Å². The number of fused-ring (bicyclic) bond motifs is 1. The molecule has 0 radical (unpaired) electrons. The SMILES string of the molecule is CC1(C)Cc2ccc(Nc3ccc(CNC(=O)[C@@H]4CNC(=O)N4)cc3)cc2C1. The van der Waals surface area contributed by atoms with E-state index in [2.05, 4.69) is 53.3 Å². The van der Waals surface area contributed by atoms with Gasteiger partial charge in [-0.3, -0.25) is 4.79 Å². The number of benzene rings is 2. The van der Waals surface area contributed by atoms with Crippen LogP contribution >= 0.6 is 0 Å². The van der Waals surface area contributed by atoms with Gasteiger partial charge >= 0.3 is 6.03 Å². The van der Waals surface area contributed by atoms with Crippen molar-refractivity contribution in [3.05, 3.63) is 59.2 Å². The van der Waals surface area contributed by atoms with Gasteiger partial charge < -0.3 is 21.3 Å². The molecule has 0 spiro atoms. The van der Waals surface area contributed by atoms with Crippen LogP contribution in [-0.2, 0) is 24.2 Å². The lowest BCUT2D eigenvalue weighted by Crippen LogP contribution is -2.42. The third-order valence-electron chi connectivity index (χ3n) is 5.34. The molecule has 3 amide bonds. The molecule has 0 bridgehead atoms. The third-order valence-corrected chi connectivity index (χ3v) is 5.34. The van der Waals surface area contributed by atoms with Gasteiger partial charge in [0.2, 0.25) is 5.91 Å². The van der Waals surface area contributed by atoms with Crippen LogP contribution in [0.3, 0.4) is 0 Å². The summed E-state index contributed by atoms with van der Waals surface area (Å²) in [7, 11) is 0. The zero-order valence-electron chi connectivity index (χ0n) is 16.3. The second-order valence-corrected chi connectivity index (χ2v) is 8.45. The van der Waals surface area contributed by atoms with E-state index in [0.717, 1.165) is 29.8 Å². The van der Waals surface area contributed by atoms with Crippen LogP contribution in [-0.4, -0.2) is 24.5 Å². The van der Waals surface area contributed by atoms with Crippen molar-refractivity contribution in [3.8, 4) is 0 Å². The number of hydrogen-bond donors (Lipinski definition) is 4. The molecule has 1 aliphatic carbocycles. The Balaban J connectivity index is 1.33. The molecule has 0 aromatic heterocycles. The van der Waals surface area contributed by atoms with Gasteiger partial charge in [0.1, 0.15) is 6.04 Å². The first kappa shape index (κ1) is 18.3. The molecule has 1 aliphatic heterocycles. The van der Waals surface area contributed by atoms with Gasteiger partial charge in [0.25, 0.3) is 0 Å². The van der Waals surface area contributed by atoms with Crippen molar-refractivity contribution in [3.63, 3.8) is 0 Å². The van der Waals surface area contributed by atoms with E-state index in [1.807, 2.05) is 24.3 Å². The number of rotatable bonds is 5. The van der Waals surface area contributed by atoms with E-state index >= 15 is 0 Å². The predicted molar refractivity (Wildman–Crippen MR) is 110 cm³/mol. The number of nitrogens with one attached hydrogen (secondary N) is 4. The fraction of sp³-hybridized carbons (Fsp3) is 0.364. The summed E-state index contributed by atoms with van der Waals surface area (Å²) in [5.41, 5.74) is 6.36. The molecule has 1 fully saturated rings. The average Bonchev–Trinajstić information content (AvgIpc) is 3.22. The first-order valence-corrected chi connectivity index (χ1v) is 9.68. The number of amides is 3. The standard InChI is InChI=1S/C22H26N4O2/c1-22(2)10-15-5-8-18(9-16(15)11-22)25-17-6-3-14(4-7-17)12-23-20(27)19-13-24-21(28)26-19/h3-9,19,25H,10-13H2,1-2H3,(H,23,27)(H2,24,26,28)/t19-/m0/s1. The van der Waals surface area contributed by atoms with E-state index < -0.39 is 6.04 Å². The maximum Gasteiger partial charge on any atom is 0.315 e. The van der Waals surface area contributed by atoms with Gasteiger partial charge in [-0.2, -0.15) is 0 Å². The summed E-state index contributed by atoms with van der Waals surface area (Å²) in [5.74, 6) is -0.179. The second kappa shape index (κ2) is 7.19. The van der Waals surface area contributed by atoms with Gasteiger partial charge in [-0.15, -0.1) is 0 Å². The van der Waals surface area contributed by atoms with Gasteiger partial charge in [-0.05, 0) is 59.2 Å². The molecule has 4 rings (SSSR count). The van der Waals surface area contributed by atoms with E-state index in [0.29, 0.717) is 18.5 Å². The van der Waals surface area contributed by atoms with Crippen molar-refractivity contribution in [1.82, 2.24) is 16.0 Å². The zero-order chi connectivity index (χ0) is 19.7. The van der Waals surface area contributed by atoms with Crippen LogP contribution in [0, 0.1) is 5.41 Å². The Labute approximate surface area is 165 Å². The molecule has 146 valence electrons. The van der Waals surface area contributed by atoms with Crippen LogP contribution in [0.15, 0.2) is 42.5 Å². The molecule has 0 saturated carbocycles. The molecule has 1 heterocycles. The minimum Gasteiger partial charge on any atom is -0.356 e. The van der Waals surface area contributed by atoms with Crippen LogP contribution in [0.1, 0.15) is 30.5 Å². The molecule has 2 aromatic rings. The van der Waals surface area contributed by atoms with E-state index in [-0.39, 0.29) is 11.9 Å². The molecular formula is C22H26N4O2. The Hall–Kier alpha value is -3.02. The van der Waals surface area contributed by atoms with Gasteiger partial charge in [0, 0.05) is 24.5 Å². The summed E-state index contributed by atoms with van der Waals surface area (Å²) in [6, 6.07) is 13.8. The highest BCUT2D eigenvalue weighted by molar-refractivity contribution is 5.90. The van der Waals surface area contributed by atoms with Crippen molar-refractivity contribution in [2.45, 2.75) is 39.3 Å². The van der Waals surface area contributed by atoms with Gasteiger partial charge in [0.15, 0.2) is 0 Å². The largest absolute Gasteiger partial charge is 0.356 e. The molecule has 0 unspecified atom stereocenters. The van der Waals surface area contributed by atoms with Crippen molar-refractivity contribution < 1.29 is 9.59 Å². The molecule has 6 heteroatoms. The summed E-state index contributed by atoms with van der Waals surface area (Å²) in [6.45, 7) is 5.38. The lowest BCUT2D eigenvalue weighted by atomic mass is 9.90. The average molecular weight is 378 g/mol. The molecule has 6 nitrogen and oxygen atoms in total. The monoisotopic (exact) mass is 378 g/mol. The van der Waals surface area contributed by atoms with Gasteiger partial charge in [0.05, 0.1) is 0 Å². The Morgan fingerprint density at radius 2 is 1.79 bits per heavy atom. The fourth-order valence-electron chi connectivity index (χ4n) is 3.93. The normalized spacial score (nSPS) is 19.5. The van der Waals surface area contributed by atoms with Crippen molar-refractivity contribution in [2.75, 3.05) is 11.9 Å². The molecule has 1 saturated heterocycles. The predicted octanol–water partition coefficient (Wildman–Crippen LogP) is 2.85. The van der Waals surface area contributed by atoms with Crippen LogP contribution < -0.4 is 21.3 Å². The Kier molecular flexibility index (Phi) is 4.71. The minimum atomic E-state index is -0.502. The number of carbonyl (C=O) groups is 2. The smallest absolute Gasteiger partial charge is 0.315 e. The van der Waals surface area contributed by atoms with E-state index in [9.17, 15) is 9.59 Å². The topological polar surface area (TPSA) is 82.3 Å². The number of carbonyl (C=O) groups excluding carboxylic acids is 2. The van der Waals surface area contributed by atoms with E-state index in [4.69, 9.17) is 0 Å². The van der Waals surface area contributed by atoms with Crippen molar-refractivity contribution >= 4 is 23.3 Å². The van der Waals surface area contributed by atoms with E-state index in [1.54, 1.807) is 0 Å². The zero-order valence-corrected chi connectivity index (χ0v) is 16.3. The minimum absolute atomic E-state index is 0.179. The van der Waals surface area contributed by atoms with Crippen LogP contribution in [0.4, 0.5) is 16.2 Å². The third kappa shape index (κ3) is 4.11. The Bertz CT molecular complexity index is 905. The van der Waals surface area contributed by atoms with Gasteiger partial charge in [-0.1, -0.05) is 32.0 Å². The summed E-state index contributed by atoms with van der Waals surface area (Å²) >= 11 is 0. The Morgan fingerprint density at radius 3 is 2.50 bits per heavy atom. The van der Waals surface area contributed by atoms with Crippen LogP contribution in [0.25, 0.3) is 0 Å². The summed E-state index contributed by atoms with van der Waals surface area (Å²) in [4.78, 5) is 23.1. The maximum absolute atomic E-state index is 12.0. The maximum atomic E-state index is 12.0. The molecule has 28 heavy (non-hydrogen) atoms. The highest BCUT2D eigenvalue weighted by Crippen LogP contribution is 2.37. The Morgan fingerprint density at radius 1 is 1.07 bits per heavy atom. The second-order valence-electron chi connectivity index (χ2n) is 8.45. The van der Waals surface area contributed by atoms with Crippen LogP contribution in [0.2, 0.25) is 0 Å². The number of urea groups is 1. The lowest BCUT2D eigenvalue weighted by molar-refractivity contribution is -0.122. The van der Waals surface area contributed by atoms with E-state index in [1.165, 1.54) is 11.1 Å². The van der Waals surface area contributed by atoms with Crippen molar-refractivity contribution in [2.24, 2.45) is 5.41 Å². The summed E-state index contributed by atoms with van der Waals surface area (Å²) < 4.78 is 0. The first-order valence-electron chi connectivity index (χ1n) is 9.68. The number of hydrogen-bond acceptors (Lipinski definition) is 3. The fourth-order valence-corrected chi connectivity index (χ4v) is 3.93. The molecular weight excluding hydrogens is 352 g/mol. The first-order chi connectivity index (χ1) is 13.4. The van der Waals surface area contributed by atoms with Crippen LogP contribution in [0.5, 0.6) is 0 Å². The lowest BCUT2D eigenvalue weighted by Gasteiger charge is -2.14. The molecule has 2 aliphatic rings. The molecule has 1 atom stereocenters.